The van der Waals surface area contributed by atoms with E-state index in [1.165, 1.54) is 31.0 Å². The summed E-state index contributed by atoms with van der Waals surface area (Å²) in [6, 6.07) is 4.74. The first-order chi connectivity index (χ1) is 9.63. The van der Waals surface area contributed by atoms with Gasteiger partial charge in [0, 0.05) is 24.0 Å². The van der Waals surface area contributed by atoms with Gasteiger partial charge in [-0.15, -0.1) is 0 Å². The number of halogens is 2. The Balaban J connectivity index is 1.64. The fourth-order valence-corrected chi connectivity index (χ4v) is 3.33. The minimum Gasteiger partial charge on any atom is -0.390 e. The lowest BCUT2D eigenvalue weighted by molar-refractivity contribution is -0.101. The van der Waals surface area contributed by atoms with Crippen molar-refractivity contribution >= 4 is 11.6 Å². The number of ether oxygens (including phenoxy) is 1. The van der Waals surface area contributed by atoms with E-state index in [0.717, 1.165) is 13.1 Å². The highest BCUT2D eigenvalue weighted by Gasteiger charge is 2.35. The molecule has 0 spiro atoms. The highest BCUT2D eigenvalue weighted by atomic mass is 35.5. The van der Waals surface area contributed by atoms with Gasteiger partial charge in [0.15, 0.2) is 0 Å². The van der Waals surface area contributed by atoms with Gasteiger partial charge in [-0.1, -0.05) is 11.6 Å². The van der Waals surface area contributed by atoms with Crippen molar-refractivity contribution in [2.45, 2.75) is 37.5 Å². The number of benzene rings is 1. The molecule has 0 bridgehead atoms. The van der Waals surface area contributed by atoms with Gasteiger partial charge in [-0.25, -0.2) is 4.39 Å². The average molecular weight is 300 g/mol. The zero-order chi connectivity index (χ0) is 14.1. The minimum atomic E-state index is -0.657. The standard InChI is InChI=1S/C15H19ClFNO2/c16-13-4-3-11(17)6-10(13)7-14(19)15-8-18-5-1-2-12(18)9-20-15/h3-4,6,12,14-15,19H,1-2,5,7-9H2. The quantitative estimate of drug-likeness (QED) is 0.929. The van der Waals surface area contributed by atoms with Crippen LogP contribution in [0.2, 0.25) is 5.02 Å². The second-order valence-electron chi connectivity index (χ2n) is 5.67. The number of hydrogen-bond acceptors (Lipinski definition) is 3. The first kappa shape index (κ1) is 14.3. The van der Waals surface area contributed by atoms with Crippen molar-refractivity contribution in [2.75, 3.05) is 19.7 Å². The molecule has 5 heteroatoms. The van der Waals surface area contributed by atoms with Crippen LogP contribution in [0.25, 0.3) is 0 Å². The molecule has 2 fully saturated rings. The van der Waals surface area contributed by atoms with Crippen LogP contribution in [0.5, 0.6) is 0 Å². The molecular formula is C15H19ClFNO2. The molecule has 2 saturated heterocycles. The highest BCUT2D eigenvalue weighted by Crippen LogP contribution is 2.26. The summed E-state index contributed by atoms with van der Waals surface area (Å²) in [6.45, 7) is 2.51. The van der Waals surface area contributed by atoms with Gasteiger partial charge >= 0.3 is 0 Å². The summed E-state index contributed by atoms with van der Waals surface area (Å²) in [5.41, 5.74) is 0.631. The van der Waals surface area contributed by atoms with E-state index in [4.69, 9.17) is 16.3 Å². The van der Waals surface area contributed by atoms with Crippen molar-refractivity contribution in [1.82, 2.24) is 4.90 Å². The Morgan fingerprint density at radius 2 is 2.35 bits per heavy atom. The summed E-state index contributed by atoms with van der Waals surface area (Å²) >= 11 is 6.04. The average Bonchev–Trinajstić information content (AvgIpc) is 2.90. The molecule has 0 aliphatic carbocycles. The van der Waals surface area contributed by atoms with Crippen LogP contribution in [-0.4, -0.2) is 48.0 Å². The van der Waals surface area contributed by atoms with Crippen molar-refractivity contribution in [3.05, 3.63) is 34.6 Å². The fourth-order valence-electron chi connectivity index (χ4n) is 3.13. The van der Waals surface area contributed by atoms with Crippen LogP contribution < -0.4 is 0 Å². The van der Waals surface area contributed by atoms with E-state index >= 15 is 0 Å². The van der Waals surface area contributed by atoms with Crippen molar-refractivity contribution in [3.63, 3.8) is 0 Å². The molecule has 0 saturated carbocycles. The summed E-state index contributed by atoms with van der Waals surface area (Å²) in [5.74, 6) is -0.333. The molecule has 0 aromatic heterocycles. The zero-order valence-electron chi connectivity index (χ0n) is 11.3. The molecule has 20 heavy (non-hydrogen) atoms. The molecule has 1 aromatic rings. The molecule has 2 heterocycles. The van der Waals surface area contributed by atoms with Gasteiger partial charge < -0.3 is 9.84 Å². The van der Waals surface area contributed by atoms with Gasteiger partial charge in [-0.2, -0.15) is 0 Å². The van der Waals surface area contributed by atoms with Gasteiger partial charge in [0.2, 0.25) is 0 Å². The van der Waals surface area contributed by atoms with Crippen LogP contribution in [0.3, 0.4) is 0 Å². The smallest absolute Gasteiger partial charge is 0.123 e. The molecule has 1 N–H and O–H groups in total. The van der Waals surface area contributed by atoms with E-state index in [2.05, 4.69) is 4.90 Å². The van der Waals surface area contributed by atoms with E-state index in [0.29, 0.717) is 29.7 Å². The Morgan fingerprint density at radius 3 is 3.20 bits per heavy atom. The maximum atomic E-state index is 13.2. The monoisotopic (exact) mass is 299 g/mol. The molecule has 2 aliphatic heterocycles. The van der Waals surface area contributed by atoms with Gasteiger partial charge in [-0.3, -0.25) is 4.90 Å². The van der Waals surface area contributed by atoms with Gasteiger partial charge in [0.25, 0.3) is 0 Å². The van der Waals surface area contributed by atoms with Crippen LogP contribution >= 0.6 is 11.6 Å². The predicted octanol–water partition coefficient (Wildman–Crippen LogP) is 2.25. The summed E-state index contributed by atoms with van der Waals surface area (Å²) in [5, 5.41) is 10.8. The third-order valence-corrected chi connectivity index (χ3v) is 4.65. The van der Waals surface area contributed by atoms with Crippen molar-refractivity contribution in [1.29, 1.82) is 0 Å². The molecule has 0 amide bonds. The topological polar surface area (TPSA) is 32.7 Å². The number of aliphatic hydroxyl groups excluding tert-OH is 1. The number of nitrogens with zero attached hydrogens (tertiary/aromatic N) is 1. The first-order valence-electron chi connectivity index (χ1n) is 7.11. The summed E-state index contributed by atoms with van der Waals surface area (Å²) < 4.78 is 19.0. The normalized spacial score (nSPS) is 28.4. The minimum absolute atomic E-state index is 0.219. The Kier molecular flexibility index (Phi) is 4.26. The lowest BCUT2D eigenvalue weighted by atomic mass is 10.0. The van der Waals surface area contributed by atoms with Crippen LogP contribution in [0.4, 0.5) is 4.39 Å². The van der Waals surface area contributed by atoms with Crippen molar-refractivity contribution < 1.29 is 14.2 Å². The van der Waals surface area contributed by atoms with E-state index in [1.54, 1.807) is 0 Å². The second-order valence-corrected chi connectivity index (χ2v) is 6.08. The number of hydrogen-bond donors (Lipinski definition) is 1. The van der Waals surface area contributed by atoms with Crippen LogP contribution in [-0.2, 0) is 11.2 Å². The Morgan fingerprint density at radius 1 is 1.50 bits per heavy atom. The zero-order valence-corrected chi connectivity index (χ0v) is 12.0. The van der Waals surface area contributed by atoms with E-state index in [1.807, 2.05) is 0 Å². The summed E-state index contributed by atoms with van der Waals surface area (Å²) in [6.07, 6.45) is 1.82. The van der Waals surface area contributed by atoms with Crippen molar-refractivity contribution in [2.24, 2.45) is 0 Å². The molecule has 1 aromatic carbocycles. The van der Waals surface area contributed by atoms with Gasteiger partial charge in [0.05, 0.1) is 18.8 Å². The molecule has 2 aliphatic rings. The lowest BCUT2D eigenvalue weighted by Gasteiger charge is -2.37. The highest BCUT2D eigenvalue weighted by molar-refractivity contribution is 6.31. The molecule has 3 unspecified atom stereocenters. The number of rotatable bonds is 3. The van der Waals surface area contributed by atoms with Crippen LogP contribution in [0.1, 0.15) is 18.4 Å². The van der Waals surface area contributed by atoms with E-state index in [9.17, 15) is 9.50 Å². The molecule has 3 nitrogen and oxygen atoms in total. The lowest BCUT2D eigenvalue weighted by Crippen LogP contribution is -2.50. The third-order valence-electron chi connectivity index (χ3n) is 4.28. The maximum absolute atomic E-state index is 13.2. The van der Waals surface area contributed by atoms with Crippen LogP contribution in [0.15, 0.2) is 18.2 Å². The molecule has 3 atom stereocenters. The van der Waals surface area contributed by atoms with Crippen LogP contribution in [0, 0.1) is 5.82 Å². The Hall–Kier alpha value is -0.680. The SMILES string of the molecule is OC(Cc1cc(F)ccc1Cl)C1CN2CCCC2CO1. The first-order valence-corrected chi connectivity index (χ1v) is 7.49. The second kappa shape index (κ2) is 5.98. The van der Waals surface area contributed by atoms with Gasteiger partial charge in [0.1, 0.15) is 5.82 Å². The fraction of sp³-hybridized carbons (Fsp3) is 0.600. The number of aliphatic hydroxyl groups is 1. The maximum Gasteiger partial charge on any atom is 0.123 e. The molecular weight excluding hydrogens is 281 g/mol. The molecule has 110 valence electrons. The molecule has 3 rings (SSSR count). The summed E-state index contributed by atoms with van der Waals surface area (Å²) in [4.78, 5) is 2.38. The predicted molar refractivity (Wildman–Crippen MR) is 75.5 cm³/mol. The summed E-state index contributed by atoms with van der Waals surface area (Å²) in [7, 11) is 0. The largest absolute Gasteiger partial charge is 0.390 e. The number of morpholine rings is 1. The number of fused-ring (bicyclic) bond motifs is 1. The van der Waals surface area contributed by atoms with E-state index in [-0.39, 0.29) is 11.9 Å². The van der Waals surface area contributed by atoms with Crippen molar-refractivity contribution in [3.8, 4) is 0 Å². The Bertz CT molecular complexity index is 485. The van der Waals surface area contributed by atoms with E-state index < -0.39 is 6.10 Å². The molecule has 0 radical (unpaired) electrons. The Labute approximate surface area is 123 Å². The van der Waals surface area contributed by atoms with Gasteiger partial charge in [-0.05, 0) is 43.1 Å². The third kappa shape index (κ3) is 2.98.